The zero-order valence-corrected chi connectivity index (χ0v) is 18.6. The van der Waals surface area contributed by atoms with Crippen LogP contribution in [0.5, 0.6) is 0 Å². The van der Waals surface area contributed by atoms with Gasteiger partial charge in [0.05, 0.1) is 15.2 Å². The van der Waals surface area contributed by atoms with E-state index in [4.69, 9.17) is 23.2 Å². The summed E-state index contributed by atoms with van der Waals surface area (Å²) in [6.45, 7) is 0.421. The topological polar surface area (TPSA) is 42.0 Å². The van der Waals surface area contributed by atoms with Gasteiger partial charge in [-0.2, -0.15) is 0 Å². The molecular formula is C23H14Cl2N2OS2. The van der Waals surface area contributed by atoms with Crippen LogP contribution in [-0.4, -0.2) is 10.9 Å². The number of halogens is 2. The summed E-state index contributed by atoms with van der Waals surface area (Å²) in [4.78, 5) is 17.8. The van der Waals surface area contributed by atoms with Gasteiger partial charge >= 0.3 is 0 Å². The zero-order chi connectivity index (χ0) is 20.7. The fourth-order valence-electron chi connectivity index (χ4n) is 3.21. The molecule has 1 amide bonds. The third-order valence-electron chi connectivity index (χ3n) is 4.75. The molecule has 3 nitrogen and oxygen atoms in total. The minimum Gasteiger partial charge on any atom is -0.347 e. The van der Waals surface area contributed by atoms with Crippen LogP contribution in [0.1, 0.15) is 15.2 Å². The molecule has 148 valence electrons. The smallest absolute Gasteiger partial charge is 0.263 e. The van der Waals surface area contributed by atoms with Crippen molar-refractivity contribution in [3.63, 3.8) is 0 Å². The zero-order valence-electron chi connectivity index (χ0n) is 15.5. The van der Waals surface area contributed by atoms with Crippen LogP contribution in [0.2, 0.25) is 10.0 Å². The normalized spacial score (nSPS) is 11.3. The highest BCUT2D eigenvalue weighted by Gasteiger charge is 2.17. The number of nitrogens with zero attached hydrogens (tertiary/aromatic N) is 1. The molecule has 0 saturated carbocycles. The largest absolute Gasteiger partial charge is 0.347 e. The highest BCUT2D eigenvalue weighted by atomic mass is 35.5. The van der Waals surface area contributed by atoms with Gasteiger partial charge in [-0.05, 0) is 29.8 Å². The summed E-state index contributed by atoms with van der Waals surface area (Å²) >= 11 is 15.5. The quantitative estimate of drug-likeness (QED) is 0.298. The van der Waals surface area contributed by atoms with Crippen LogP contribution in [-0.2, 0) is 6.54 Å². The van der Waals surface area contributed by atoms with Gasteiger partial charge in [0.15, 0.2) is 0 Å². The second-order valence-electron chi connectivity index (χ2n) is 6.75. The molecule has 0 aliphatic carbocycles. The van der Waals surface area contributed by atoms with Crippen LogP contribution in [0, 0.1) is 0 Å². The number of nitrogens with one attached hydrogen (secondary N) is 1. The Morgan fingerprint density at radius 1 is 0.933 bits per heavy atom. The van der Waals surface area contributed by atoms with E-state index < -0.39 is 0 Å². The van der Waals surface area contributed by atoms with Crippen LogP contribution in [0.15, 0.2) is 66.7 Å². The molecule has 3 aromatic carbocycles. The molecule has 0 aliphatic rings. The lowest BCUT2D eigenvalue weighted by Gasteiger charge is -2.05. The first-order valence-corrected chi connectivity index (χ1v) is 11.6. The maximum Gasteiger partial charge on any atom is 0.263 e. The van der Waals surface area contributed by atoms with E-state index in [0.29, 0.717) is 21.5 Å². The fourth-order valence-corrected chi connectivity index (χ4v) is 5.89. The maximum atomic E-state index is 12.7. The van der Waals surface area contributed by atoms with Gasteiger partial charge in [0.1, 0.15) is 9.88 Å². The Kier molecular flexibility index (Phi) is 5.21. The van der Waals surface area contributed by atoms with E-state index >= 15 is 0 Å². The first-order chi connectivity index (χ1) is 14.6. The van der Waals surface area contributed by atoms with Gasteiger partial charge in [-0.3, -0.25) is 4.79 Å². The summed E-state index contributed by atoms with van der Waals surface area (Å²) in [6, 6.07) is 21.6. The standard InChI is InChI=1S/C23H14Cl2N2OS2/c24-15-9-10-16-19(11-15)29-21(20(16)25)22(28)26-12-13-5-7-14(8-6-13)23-27-17-3-1-2-4-18(17)30-23/h1-11H,12H2,(H,26,28). The van der Waals surface area contributed by atoms with E-state index in [1.165, 1.54) is 16.0 Å². The Hall–Kier alpha value is -2.44. The molecule has 5 rings (SSSR count). The van der Waals surface area contributed by atoms with Crippen LogP contribution in [0.25, 0.3) is 30.9 Å². The lowest BCUT2D eigenvalue weighted by molar-refractivity contribution is 0.0955. The van der Waals surface area contributed by atoms with Gasteiger partial charge in [0.2, 0.25) is 0 Å². The molecule has 7 heteroatoms. The maximum absolute atomic E-state index is 12.7. The molecule has 0 atom stereocenters. The predicted octanol–water partition coefficient (Wildman–Crippen LogP) is 7.41. The lowest BCUT2D eigenvalue weighted by atomic mass is 10.1. The van der Waals surface area contributed by atoms with E-state index in [1.807, 2.05) is 54.6 Å². The minimum atomic E-state index is -0.187. The first kappa shape index (κ1) is 19.5. The second-order valence-corrected chi connectivity index (χ2v) is 9.65. The average molecular weight is 469 g/mol. The van der Waals surface area contributed by atoms with Gasteiger partial charge in [0, 0.05) is 27.2 Å². The average Bonchev–Trinajstić information content (AvgIpc) is 3.33. The van der Waals surface area contributed by atoms with Crippen LogP contribution in [0.4, 0.5) is 0 Å². The SMILES string of the molecule is O=C(NCc1ccc(-c2nc3ccccc3s2)cc1)c1sc2cc(Cl)ccc2c1Cl. The predicted molar refractivity (Wildman–Crippen MR) is 128 cm³/mol. The summed E-state index contributed by atoms with van der Waals surface area (Å²) < 4.78 is 2.07. The van der Waals surface area contributed by atoms with Crippen molar-refractivity contribution in [2.24, 2.45) is 0 Å². The summed E-state index contributed by atoms with van der Waals surface area (Å²) in [5, 5.41) is 5.88. The van der Waals surface area contributed by atoms with E-state index in [0.717, 1.165) is 31.7 Å². The van der Waals surface area contributed by atoms with E-state index in [-0.39, 0.29) is 5.91 Å². The Morgan fingerprint density at radius 2 is 1.73 bits per heavy atom. The molecule has 0 bridgehead atoms. The lowest BCUT2D eigenvalue weighted by Crippen LogP contribution is -2.22. The van der Waals surface area contributed by atoms with E-state index in [9.17, 15) is 4.79 Å². The van der Waals surface area contributed by atoms with Crippen molar-refractivity contribution in [2.45, 2.75) is 6.54 Å². The van der Waals surface area contributed by atoms with Crippen molar-refractivity contribution in [3.8, 4) is 10.6 Å². The molecule has 0 radical (unpaired) electrons. The van der Waals surface area contributed by atoms with E-state index in [1.54, 1.807) is 17.4 Å². The number of thiophene rings is 1. The highest BCUT2D eigenvalue weighted by Crippen LogP contribution is 2.36. The monoisotopic (exact) mass is 468 g/mol. The number of para-hydroxylation sites is 1. The van der Waals surface area contributed by atoms with Gasteiger partial charge in [-0.25, -0.2) is 4.98 Å². The van der Waals surface area contributed by atoms with Crippen molar-refractivity contribution >= 4 is 72.1 Å². The van der Waals surface area contributed by atoms with Gasteiger partial charge in [-0.15, -0.1) is 22.7 Å². The molecular weight excluding hydrogens is 455 g/mol. The molecule has 1 N–H and O–H groups in total. The summed E-state index contributed by atoms with van der Waals surface area (Å²) in [5.74, 6) is -0.187. The number of thiazole rings is 1. The number of aromatic nitrogens is 1. The number of carbonyl (C=O) groups is 1. The Balaban J connectivity index is 1.30. The second kappa shape index (κ2) is 8.00. The van der Waals surface area contributed by atoms with Crippen molar-refractivity contribution < 1.29 is 4.79 Å². The van der Waals surface area contributed by atoms with Crippen molar-refractivity contribution in [1.82, 2.24) is 10.3 Å². The number of amides is 1. The summed E-state index contributed by atoms with van der Waals surface area (Å²) in [6.07, 6.45) is 0. The fraction of sp³-hybridized carbons (Fsp3) is 0.0435. The van der Waals surface area contributed by atoms with Gasteiger partial charge in [-0.1, -0.05) is 65.7 Å². The number of carbonyl (C=O) groups excluding carboxylic acids is 1. The molecule has 0 saturated heterocycles. The van der Waals surface area contributed by atoms with Crippen LogP contribution in [0.3, 0.4) is 0 Å². The van der Waals surface area contributed by atoms with Crippen LogP contribution >= 0.6 is 45.9 Å². The molecule has 5 aromatic rings. The summed E-state index contributed by atoms with van der Waals surface area (Å²) in [7, 11) is 0. The van der Waals surface area contributed by atoms with Crippen molar-refractivity contribution in [3.05, 3.63) is 87.2 Å². The third kappa shape index (κ3) is 3.70. The van der Waals surface area contributed by atoms with Crippen molar-refractivity contribution in [1.29, 1.82) is 0 Å². The van der Waals surface area contributed by atoms with Gasteiger partial charge < -0.3 is 5.32 Å². The molecule has 0 unspecified atom stereocenters. The highest BCUT2D eigenvalue weighted by molar-refractivity contribution is 7.22. The molecule has 0 fully saturated rings. The number of hydrogen-bond acceptors (Lipinski definition) is 4. The summed E-state index contributed by atoms with van der Waals surface area (Å²) in [5.41, 5.74) is 3.08. The Morgan fingerprint density at radius 3 is 2.53 bits per heavy atom. The molecule has 2 aromatic heterocycles. The van der Waals surface area contributed by atoms with Crippen molar-refractivity contribution in [2.75, 3.05) is 0 Å². The van der Waals surface area contributed by atoms with Crippen LogP contribution < -0.4 is 5.32 Å². The first-order valence-electron chi connectivity index (χ1n) is 9.19. The molecule has 30 heavy (non-hydrogen) atoms. The number of rotatable bonds is 4. The Bertz CT molecular complexity index is 1360. The number of benzene rings is 3. The van der Waals surface area contributed by atoms with E-state index in [2.05, 4.69) is 16.4 Å². The minimum absolute atomic E-state index is 0.187. The number of fused-ring (bicyclic) bond motifs is 2. The third-order valence-corrected chi connectivity index (χ3v) is 7.72. The van der Waals surface area contributed by atoms with Gasteiger partial charge in [0.25, 0.3) is 5.91 Å². The molecule has 0 aliphatic heterocycles. The molecule has 2 heterocycles. The Labute approximate surface area is 190 Å². The molecule has 0 spiro atoms. The number of hydrogen-bond donors (Lipinski definition) is 1.